The molecule has 6 nitrogen and oxygen atoms in total. The third kappa shape index (κ3) is 6.39. The minimum Gasteiger partial charge on any atom is -0.480 e. The molecule has 1 aliphatic heterocycles. The van der Waals surface area contributed by atoms with Crippen LogP contribution >= 0.6 is 0 Å². The Labute approximate surface area is 212 Å². The van der Waals surface area contributed by atoms with Crippen molar-refractivity contribution in [3.63, 3.8) is 0 Å². The fraction of sp³-hybridized carbons (Fsp3) is 0.300. The van der Waals surface area contributed by atoms with Crippen LogP contribution in [-0.2, 0) is 27.2 Å². The second kappa shape index (κ2) is 11.7. The molecule has 186 valence electrons. The first kappa shape index (κ1) is 25.2. The average Bonchev–Trinajstić information content (AvgIpc) is 2.89. The first-order chi connectivity index (χ1) is 17.4. The van der Waals surface area contributed by atoms with E-state index < -0.39 is 17.9 Å². The van der Waals surface area contributed by atoms with Crippen LogP contribution in [0.3, 0.4) is 0 Å². The Morgan fingerprint density at radius 1 is 0.944 bits per heavy atom. The third-order valence-corrected chi connectivity index (χ3v) is 6.81. The van der Waals surface area contributed by atoms with Crippen LogP contribution in [0.2, 0.25) is 0 Å². The first-order valence-corrected chi connectivity index (χ1v) is 12.4. The summed E-state index contributed by atoms with van der Waals surface area (Å²) in [6, 6.07) is 24.4. The normalized spacial score (nSPS) is 16.2. The highest BCUT2D eigenvalue weighted by Crippen LogP contribution is 2.24. The van der Waals surface area contributed by atoms with Gasteiger partial charge < -0.3 is 15.3 Å². The summed E-state index contributed by atoms with van der Waals surface area (Å²) in [6.07, 6.45) is 1.85. The van der Waals surface area contributed by atoms with Crippen LogP contribution in [0.5, 0.6) is 0 Å². The lowest BCUT2D eigenvalue weighted by atomic mass is 9.95. The summed E-state index contributed by atoms with van der Waals surface area (Å²) in [5.41, 5.74) is 5.15. The molecule has 0 spiro atoms. The topological polar surface area (TPSA) is 86.7 Å². The zero-order valence-corrected chi connectivity index (χ0v) is 20.5. The van der Waals surface area contributed by atoms with Crippen LogP contribution in [0, 0.1) is 12.8 Å². The van der Waals surface area contributed by atoms with Gasteiger partial charge >= 0.3 is 5.97 Å². The number of carboxylic acid groups (broad SMARTS) is 1. The van der Waals surface area contributed by atoms with Crippen LogP contribution in [-0.4, -0.2) is 46.9 Å². The molecule has 1 unspecified atom stereocenters. The van der Waals surface area contributed by atoms with E-state index in [0.717, 1.165) is 28.7 Å². The molecule has 2 N–H and O–H groups in total. The highest BCUT2D eigenvalue weighted by molar-refractivity contribution is 5.86. The van der Waals surface area contributed by atoms with Gasteiger partial charge in [-0.15, -0.1) is 0 Å². The molecule has 2 atom stereocenters. The summed E-state index contributed by atoms with van der Waals surface area (Å²) in [6.45, 7) is 2.99. The van der Waals surface area contributed by atoms with Crippen LogP contribution in [0.25, 0.3) is 11.1 Å². The average molecular weight is 485 g/mol. The number of hydrogen-bond acceptors (Lipinski definition) is 3. The van der Waals surface area contributed by atoms with Gasteiger partial charge in [-0.05, 0) is 47.6 Å². The predicted octanol–water partition coefficient (Wildman–Crippen LogP) is 4.26. The summed E-state index contributed by atoms with van der Waals surface area (Å²) in [5, 5.41) is 12.5. The Morgan fingerprint density at radius 2 is 1.64 bits per heavy atom. The summed E-state index contributed by atoms with van der Waals surface area (Å²) in [7, 11) is 0. The van der Waals surface area contributed by atoms with Crippen LogP contribution in [0.1, 0.15) is 29.5 Å². The van der Waals surface area contributed by atoms with Crippen molar-refractivity contribution in [2.24, 2.45) is 5.92 Å². The Hall–Kier alpha value is -3.93. The summed E-state index contributed by atoms with van der Waals surface area (Å²) >= 11 is 0. The monoisotopic (exact) mass is 484 g/mol. The second-order valence-corrected chi connectivity index (χ2v) is 9.46. The van der Waals surface area contributed by atoms with Gasteiger partial charge in [0.2, 0.25) is 11.8 Å². The second-order valence-electron chi connectivity index (χ2n) is 9.46. The molecule has 1 aliphatic rings. The number of aryl methyl sites for hydroxylation is 1. The van der Waals surface area contributed by atoms with Gasteiger partial charge in [0, 0.05) is 19.5 Å². The standard InChI is InChI=1S/C30H32N2O4/c1-21-8-5-6-12-26(21)24-15-13-23(14-16-24)18-27(30(35)36)31-29(34)25-11-7-17-32(20-25)28(33)19-22-9-3-2-4-10-22/h2-6,8-10,12-16,25,27H,7,11,17-20H2,1H3,(H,31,34)(H,35,36)/t25?,27-/m0/s1. The van der Waals surface area contributed by atoms with Crippen LogP contribution < -0.4 is 5.32 Å². The summed E-state index contributed by atoms with van der Waals surface area (Å²) < 4.78 is 0. The Balaban J connectivity index is 1.36. The number of carbonyl (C=O) groups is 3. The smallest absolute Gasteiger partial charge is 0.326 e. The van der Waals surface area contributed by atoms with E-state index in [9.17, 15) is 19.5 Å². The maximum absolute atomic E-state index is 13.0. The fourth-order valence-corrected chi connectivity index (χ4v) is 4.74. The van der Waals surface area contributed by atoms with Crippen molar-refractivity contribution >= 4 is 17.8 Å². The maximum Gasteiger partial charge on any atom is 0.326 e. The van der Waals surface area contributed by atoms with Gasteiger partial charge in [-0.3, -0.25) is 9.59 Å². The molecule has 6 heteroatoms. The number of benzene rings is 3. The van der Waals surface area contributed by atoms with E-state index in [4.69, 9.17) is 0 Å². The predicted molar refractivity (Wildman–Crippen MR) is 139 cm³/mol. The van der Waals surface area contributed by atoms with Gasteiger partial charge in [-0.2, -0.15) is 0 Å². The van der Waals surface area contributed by atoms with Crippen LogP contribution in [0.4, 0.5) is 0 Å². The van der Waals surface area contributed by atoms with Gasteiger partial charge in [-0.1, -0.05) is 78.9 Å². The van der Waals surface area contributed by atoms with Gasteiger partial charge in [0.25, 0.3) is 0 Å². The van der Waals surface area contributed by atoms with Gasteiger partial charge in [-0.25, -0.2) is 4.79 Å². The zero-order valence-electron chi connectivity index (χ0n) is 20.5. The Bertz CT molecular complexity index is 1210. The van der Waals surface area contributed by atoms with E-state index in [1.54, 1.807) is 4.90 Å². The van der Waals surface area contributed by atoms with E-state index in [-0.39, 0.29) is 18.2 Å². The zero-order chi connectivity index (χ0) is 25.5. The maximum atomic E-state index is 13.0. The molecule has 3 aromatic rings. The molecule has 3 aromatic carbocycles. The van der Waals surface area contributed by atoms with E-state index in [2.05, 4.69) is 24.4 Å². The largest absolute Gasteiger partial charge is 0.480 e. The molecule has 0 aromatic heterocycles. The van der Waals surface area contributed by atoms with Crippen molar-refractivity contribution < 1.29 is 19.5 Å². The number of piperidine rings is 1. The molecule has 0 aliphatic carbocycles. The lowest BCUT2D eigenvalue weighted by Crippen LogP contribution is -2.50. The number of amides is 2. The number of likely N-dealkylation sites (tertiary alicyclic amines) is 1. The molecular weight excluding hydrogens is 452 g/mol. The number of carboxylic acids is 1. The van der Waals surface area contributed by atoms with E-state index in [1.165, 1.54) is 5.56 Å². The third-order valence-electron chi connectivity index (χ3n) is 6.81. The van der Waals surface area contributed by atoms with E-state index in [1.807, 2.05) is 66.7 Å². The molecule has 2 amide bonds. The van der Waals surface area contributed by atoms with Gasteiger partial charge in [0.15, 0.2) is 0 Å². The minimum atomic E-state index is -1.07. The highest BCUT2D eigenvalue weighted by Gasteiger charge is 2.31. The first-order valence-electron chi connectivity index (χ1n) is 12.4. The highest BCUT2D eigenvalue weighted by atomic mass is 16.4. The van der Waals surface area contributed by atoms with Crippen molar-refractivity contribution in [2.75, 3.05) is 13.1 Å². The van der Waals surface area contributed by atoms with Crippen molar-refractivity contribution in [1.29, 1.82) is 0 Å². The molecule has 1 fully saturated rings. The summed E-state index contributed by atoms with van der Waals surface area (Å²) in [4.78, 5) is 39.4. The number of rotatable bonds is 8. The van der Waals surface area contributed by atoms with Crippen LogP contribution in [0.15, 0.2) is 78.9 Å². The quantitative estimate of drug-likeness (QED) is 0.500. The van der Waals surface area contributed by atoms with Gasteiger partial charge in [0.05, 0.1) is 12.3 Å². The molecular formula is C30H32N2O4. The van der Waals surface area contributed by atoms with Crippen molar-refractivity contribution in [3.05, 3.63) is 95.6 Å². The fourth-order valence-electron chi connectivity index (χ4n) is 4.74. The lowest BCUT2D eigenvalue weighted by Gasteiger charge is -2.32. The Morgan fingerprint density at radius 3 is 2.33 bits per heavy atom. The number of aliphatic carboxylic acids is 1. The van der Waals surface area contributed by atoms with Crippen molar-refractivity contribution in [3.8, 4) is 11.1 Å². The number of hydrogen-bond donors (Lipinski definition) is 2. The molecule has 0 saturated carbocycles. The number of nitrogens with zero attached hydrogens (tertiary/aromatic N) is 1. The molecule has 4 rings (SSSR count). The van der Waals surface area contributed by atoms with Crippen molar-refractivity contribution in [1.82, 2.24) is 10.2 Å². The molecule has 1 saturated heterocycles. The van der Waals surface area contributed by atoms with E-state index in [0.29, 0.717) is 25.9 Å². The molecule has 36 heavy (non-hydrogen) atoms. The lowest BCUT2D eigenvalue weighted by molar-refractivity contribution is -0.143. The van der Waals surface area contributed by atoms with E-state index >= 15 is 0 Å². The van der Waals surface area contributed by atoms with Gasteiger partial charge in [0.1, 0.15) is 6.04 Å². The molecule has 1 heterocycles. The minimum absolute atomic E-state index is 0.0118. The number of nitrogens with one attached hydrogen (secondary N) is 1. The molecule has 0 bridgehead atoms. The summed E-state index contributed by atoms with van der Waals surface area (Å²) in [5.74, 6) is -1.80. The van der Waals surface area contributed by atoms with Crippen molar-refractivity contribution in [2.45, 2.75) is 38.6 Å². The Kier molecular flexibility index (Phi) is 8.16. The SMILES string of the molecule is Cc1ccccc1-c1ccc(C[C@H](NC(=O)C2CCCN(C(=O)Cc3ccccc3)C2)C(=O)O)cc1. The number of carbonyl (C=O) groups excluding carboxylic acids is 2. The molecule has 0 radical (unpaired) electrons.